The van der Waals surface area contributed by atoms with Crippen molar-refractivity contribution in [3.63, 3.8) is 0 Å². The lowest BCUT2D eigenvalue weighted by Gasteiger charge is -2.06. The van der Waals surface area contributed by atoms with E-state index in [0.29, 0.717) is 0 Å². The average molecular weight is 195 g/mol. The number of rotatable bonds is 4. The Balaban J connectivity index is 2.72. The number of phenols is 2. The van der Waals surface area contributed by atoms with Gasteiger partial charge in [0.25, 0.3) is 0 Å². The molecule has 0 fully saturated rings. The van der Waals surface area contributed by atoms with Crippen LogP contribution in [-0.4, -0.2) is 10.2 Å². The SMILES string of the molecule is CCCCCc1cc(O)c(N)cc1O. The summed E-state index contributed by atoms with van der Waals surface area (Å²) < 4.78 is 0. The van der Waals surface area contributed by atoms with E-state index >= 15 is 0 Å². The summed E-state index contributed by atoms with van der Waals surface area (Å²) in [5.41, 5.74) is 6.43. The molecule has 0 aliphatic heterocycles. The largest absolute Gasteiger partial charge is 0.508 e. The molecule has 0 saturated carbocycles. The number of unbranched alkanes of at least 4 members (excludes halogenated alkanes) is 2. The van der Waals surface area contributed by atoms with Gasteiger partial charge < -0.3 is 15.9 Å². The van der Waals surface area contributed by atoms with Crippen LogP contribution in [0.3, 0.4) is 0 Å². The highest BCUT2D eigenvalue weighted by atomic mass is 16.3. The van der Waals surface area contributed by atoms with Gasteiger partial charge in [0.1, 0.15) is 11.5 Å². The number of nitrogen functional groups attached to an aromatic ring is 1. The monoisotopic (exact) mass is 195 g/mol. The molecule has 3 nitrogen and oxygen atoms in total. The van der Waals surface area contributed by atoms with E-state index in [1.807, 2.05) is 0 Å². The lowest BCUT2D eigenvalue weighted by Crippen LogP contribution is -1.91. The van der Waals surface area contributed by atoms with E-state index in [4.69, 9.17) is 5.73 Å². The zero-order valence-corrected chi connectivity index (χ0v) is 8.45. The molecule has 0 unspecified atom stereocenters. The maximum absolute atomic E-state index is 9.52. The first-order valence-electron chi connectivity index (χ1n) is 4.95. The molecule has 0 radical (unpaired) electrons. The molecule has 3 heteroatoms. The van der Waals surface area contributed by atoms with Gasteiger partial charge in [-0.05, 0) is 24.5 Å². The number of phenolic OH excluding ortho intramolecular Hbond substituents is 2. The average Bonchev–Trinajstić information content (AvgIpc) is 2.14. The third kappa shape index (κ3) is 2.55. The van der Waals surface area contributed by atoms with Crippen LogP contribution in [0.4, 0.5) is 5.69 Å². The second kappa shape index (κ2) is 4.74. The molecule has 0 heterocycles. The molecule has 1 aromatic carbocycles. The highest BCUT2D eigenvalue weighted by Gasteiger charge is 2.05. The number of nitrogens with two attached hydrogens (primary N) is 1. The van der Waals surface area contributed by atoms with Crippen molar-refractivity contribution in [2.24, 2.45) is 0 Å². The zero-order chi connectivity index (χ0) is 10.6. The minimum atomic E-state index is 0.0503. The van der Waals surface area contributed by atoms with Crippen LogP contribution >= 0.6 is 0 Å². The first-order chi connectivity index (χ1) is 6.65. The molecule has 0 aromatic heterocycles. The van der Waals surface area contributed by atoms with Gasteiger partial charge in [0, 0.05) is 6.07 Å². The van der Waals surface area contributed by atoms with Gasteiger partial charge in [0.2, 0.25) is 0 Å². The number of benzene rings is 1. The van der Waals surface area contributed by atoms with Crippen molar-refractivity contribution < 1.29 is 10.2 Å². The molecule has 4 N–H and O–H groups in total. The topological polar surface area (TPSA) is 66.5 Å². The molecule has 1 aromatic rings. The van der Waals surface area contributed by atoms with E-state index in [-0.39, 0.29) is 17.2 Å². The Labute approximate surface area is 84.2 Å². The molecule has 0 amide bonds. The van der Waals surface area contributed by atoms with Crippen LogP contribution in [0.15, 0.2) is 12.1 Å². The molecule has 78 valence electrons. The summed E-state index contributed by atoms with van der Waals surface area (Å²) in [5.74, 6) is 0.228. The van der Waals surface area contributed by atoms with E-state index < -0.39 is 0 Å². The van der Waals surface area contributed by atoms with Crippen LogP contribution in [0, 0.1) is 0 Å². The lowest BCUT2D eigenvalue weighted by molar-refractivity contribution is 0.455. The molecule has 0 saturated heterocycles. The standard InChI is InChI=1S/C11H17NO2/c1-2-3-4-5-8-6-11(14)9(12)7-10(8)13/h6-7,13-14H,2-5,12H2,1H3. The Morgan fingerprint density at radius 2 is 1.86 bits per heavy atom. The number of aromatic hydroxyl groups is 2. The maximum atomic E-state index is 9.52. The normalized spacial score (nSPS) is 10.4. The Morgan fingerprint density at radius 3 is 2.50 bits per heavy atom. The molecule has 0 atom stereocenters. The number of anilines is 1. The van der Waals surface area contributed by atoms with E-state index in [9.17, 15) is 10.2 Å². The van der Waals surface area contributed by atoms with E-state index in [0.717, 1.165) is 31.2 Å². The van der Waals surface area contributed by atoms with Crippen LogP contribution < -0.4 is 5.73 Å². The molecule has 0 aliphatic carbocycles. The fourth-order valence-electron chi connectivity index (χ4n) is 1.40. The van der Waals surface area contributed by atoms with Crippen LogP contribution in [-0.2, 0) is 6.42 Å². The third-order valence-electron chi connectivity index (χ3n) is 2.28. The van der Waals surface area contributed by atoms with Crippen molar-refractivity contribution in [2.75, 3.05) is 5.73 Å². The molecule has 0 aliphatic rings. The van der Waals surface area contributed by atoms with E-state index in [1.54, 1.807) is 6.07 Å². The molecule has 14 heavy (non-hydrogen) atoms. The minimum Gasteiger partial charge on any atom is -0.508 e. The molecular weight excluding hydrogens is 178 g/mol. The van der Waals surface area contributed by atoms with Gasteiger partial charge in [0.05, 0.1) is 5.69 Å². The van der Waals surface area contributed by atoms with Gasteiger partial charge in [-0.2, -0.15) is 0 Å². The predicted molar refractivity (Wildman–Crippen MR) is 57.4 cm³/mol. The second-order valence-electron chi connectivity index (χ2n) is 3.50. The van der Waals surface area contributed by atoms with Gasteiger partial charge in [-0.15, -0.1) is 0 Å². The Hall–Kier alpha value is -1.38. The smallest absolute Gasteiger partial charge is 0.139 e. The Kier molecular flexibility index (Phi) is 3.63. The first kappa shape index (κ1) is 10.7. The van der Waals surface area contributed by atoms with Crippen LogP contribution in [0.1, 0.15) is 31.7 Å². The van der Waals surface area contributed by atoms with Crippen molar-refractivity contribution in [1.29, 1.82) is 0 Å². The third-order valence-corrected chi connectivity index (χ3v) is 2.28. The predicted octanol–water partition coefficient (Wildman–Crippen LogP) is 2.41. The lowest BCUT2D eigenvalue weighted by atomic mass is 10.1. The Morgan fingerprint density at radius 1 is 1.14 bits per heavy atom. The van der Waals surface area contributed by atoms with Gasteiger partial charge >= 0.3 is 0 Å². The zero-order valence-electron chi connectivity index (χ0n) is 8.45. The summed E-state index contributed by atoms with van der Waals surface area (Å²) in [4.78, 5) is 0. The highest BCUT2D eigenvalue weighted by Crippen LogP contribution is 2.29. The van der Waals surface area contributed by atoms with Crippen LogP contribution in [0.25, 0.3) is 0 Å². The van der Waals surface area contributed by atoms with E-state index in [2.05, 4.69) is 6.92 Å². The molecule has 0 spiro atoms. The van der Waals surface area contributed by atoms with Crippen molar-refractivity contribution in [1.82, 2.24) is 0 Å². The number of hydrogen-bond acceptors (Lipinski definition) is 3. The number of aryl methyl sites for hydroxylation is 1. The first-order valence-corrected chi connectivity index (χ1v) is 4.95. The summed E-state index contributed by atoms with van der Waals surface area (Å²) in [5, 5.41) is 18.9. The van der Waals surface area contributed by atoms with Crippen LogP contribution in [0.2, 0.25) is 0 Å². The fraction of sp³-hybridized carbons (Fsp3) is 0.455. The summed E-state index contributed by atoms with van der Waals surface area (Å²) in [7, 11) is 0. The summed E-state index contributed by atoms with van der Waals surface area (Å²) >= 11 is 0. The number of hydrogen-bond donors (Lipinski definition) is 3. The van der Waals surface area contributed by atoms with Gasteiger partial charge in [0.15, 0.2) is 0 Å². The van der Waals surface area contributed by atoms with E-state index in [1.165, 1.54) is 6.07 Å². The maximum Gasteiger partial charge on any atom is 0.139 e. The fourth-order valence-corrected chi connectivity index (χ4v) is 1.40. The Bertz CT molecular complexity index is 310. The summed E-state index contributed by atoms with van der Waals surface area (Å²) in [6, 6.07) is 2.94. The molecular formula is C11H17NO2. The second-order valence-corrected chi connectivity index (χ2v) is 3.50. The summed E-state index contributed by atoms with van der Waals surface area (Å²) in [6.45, 7) is 2.13. The minimum absolute atomic E-state index is 0.0503. The quantitative estimate of drug-likeness (QED) is 0.299. The van der Waals surface area contributed by atoms with Crippen molar-refractivity contribution in [2.45, 2.75) is 32.6 Å². The molecule has 0 bridgehead atoms. The van der Waals surface area contributed by atoms with Crippen molar-refractivity contribution in [3.05, 3.63) is 17.7 Å². The van der Waals surface area contributed by atoms with Gasteiger partial charge in [-0.25, -0.2) is 0 Å². The highest BCUT2D eigenvalue weighted by molar-refractivity contribution is 5.58. The van der Waals surface area contributed by atoms with Crippen LogP contribution in [0.5, 0.6) is 11.5 Å². The van der Waals surface area contributed by atoms with Gasteiger partial charge in [-0.1, -0.05) is 19.8 Å². The molecule has 1 rings (SSSR count). The summed E-state index contributed by atoms with van der Waals surface area (Å²) in [6.07, 6.45) is 4.08. The van der Waals surface area contributed by atoms with Gasteiger partial charge in [-0.3, -0.25) is 0 Å². The van der Waals surface area contributed by atoms with Crippen molar-refractivity contribution >= 4 is 5.69 Å². The van der Waals surface area contributed by atoms with Crippen molar-refractivity contribution in [3.8, 4) is 11.5 Å².